The van der Waals surface area contributed by atoms with Crippen molar-refractivity contribution in [2.24, 2.45) is 5.73 Å². The van der Waals surface area contributed by atoms with E-state index < -0.39 is 0 Å². The molecule has 0 atom stereocenters. The Kier molecular flexibility index (Phi) is 2.51. The first-order valence-electron chi connectivity index (χ1n) is 4.31. The van der Waals surface area contributed by atoms with Crippen molar-refractivity contribution in [1.29, 1.82) is 0 Å². The molecule has 0 saturated heterocycles. The molecular weight excluding hydrogens is 232 g/mol. The maximum Gasteiger partial charge on any atom is 0.137 e. The fraction of sp³-hybridized carbons (Fsp3) is 0.444. The van der Waals surface area contributed by atoms with Gasteiger partial charge < -0.3 is 10.5 Å². The molecule has 2 N–H and O–H groups in total. The van der Waals surface area contributed by atoms with Crippen molar-refractivity contribution < 1.29 is 4.74 Å². The quantitative estimate of drug-likeness (QED) is 0.881. The van der Waals surface area contributed by atoms with Crippen LogP contribution in [0, 0.1) is 0 Å². The lowest BCUT2D eigenvalue weighted by molar-refractivity contribution is 0.300. The summed E-state index contributed by atoms with van der Waals surface area (Å²) >= 11 is 3.43. The SMILES string of the molecule is NCc1nccc(OC2CC2)c1Br. The van der Waals surface area contributed by atoms with E-state index >= 15 is 0 Å². The lowest BCUT2D eigenvalue weighted by Crippen LogP contribution is -2.03. The lowest BCUT2D eigenvalue weighted by Gasteiger charge is -2.08. The third-order valence-corrected chi connectivity index (χ3v) is 2.79. The lowest BCUT2D eigenvalue weighted by atomic mass is 10.3. The highest BCUT2D eigenvalue weighted by Gasteiger charge is 2.24. The highest BCUT2D eigenvalue weighted by Crippen LogP contribution is 2.32. The summed E-state index contributed by atoms with van der Waals surface area (Å²) in [6.45, 7) is 0.433. The smallest absolute Gasteiger partial charge is 0.137 e. The number of halogens is 1. The molecule has 0 amide bonds. The second kappa shape index (κ2) is 3.64. The average Bonchev–Trinajstić information content (AvgIpc) is 2.92. The predicted octanol–water partition coefficient (Wildman–Crippen LogP) is 1.84. The van der Waals surface area contributed by atoms with Gasteiger partial charge in [-0.25, -0.2) is 0 Å². The highest BCUT2D eigenvalue weighted by molar-refractivity contribution is 9.10. The van der Waals surface area contributed by atoms with Crippen LogP contribution in [-0.2, 0) is 6.54 Å². The second-order valence-corrected chi connectivity index (χ2v) is 3.88. The maximum atomic E-state index is 5.66. The second-order valence-electron chi connectivity index (χ2n) is 3.09. The van der Waals surface area contributed by atoms with Gasteiger partial charge in [-0.1, -0.05) is 0 Å². The van der Waals surface area contributed by atoms with Crippen LogP contribution in [-0.4, -0.2) is 11.1 Å². The van der Waals surface area contributed by atoms with Gasteiger partial charge in [0.15, 0.2) is 0 Å². The molecule has 0 aromatic carbocycles. The van der Waals surface area contributed by atoms with Crippen LogP contribution in [0.5, 0.6) is 5.75 Å². The van der Waals surface area contributed by atoms with Gasteiger partial charge in [-0.3, -0.25) is 4.98 Å². The molecule has 2 rings (SSSR count). The number of hydrogen-bond donors (Lipinski definition) is 1. The van der Waals surface area contributed by atoms with E-state index in [1.165, 1.54) is 0 Å². The van der Waals surface area contributed by atoms with Crippen molar-refractivity contribution in [2.75, 3.05) is 0 Å². The standard InChI is InChI=1S/C9H11BrN2O/c10-9-7(5-11)12-4-3-8(9)13-6-1-2-6/h3-4,6H,1-2,5,11H2. The largest absolute Gasteiger partial charge is 0.489 e. The summed E-state index contributed by atoms with van der Waals surface area (Å²) in [4.78, 5) is 4.13. The van der Waals surface area contributed by atoms with Crippen LogP contribution in [0.3, 0.4) is 0 Å². The number of nitrogens with zero attached hydrogens (tertiary/aromatic N) is 1. The molecule has 0 radical (unpaired) electrons. The minimum atomic E-state index is 0.407. The van der Waals surface area contributed by atoms with E-state index in [9.17, 15) is 0 Å². The molecule has 1 fully saturated rings. The Morgan fingerprint density at radius 3 is 3.00 bits per heavy atom. The Balaban J connectivity index is 2.22. The van der Waals surface area contributed by atoms with Crippen molar-refractivity contribution in [3.8, 4) is 5.75 Å². The van der Waals surface area contributed by atoms with E-state index in [0.29, 0.717) is 12.6 Å². The minimum absolute atomic E-state index is 0.407. The Hall–Kier alpha value is -0.610. The molecule has 1 aliphatic carbocycles. The molecule has 0 aliphatic heterocycles. The molecule has 4 heteroatoms. The topological polar surface area (TPSA) is 48.1 Å². The highest BCUT2D eigenvalue weighted by atomic mass is 79.9. The summed E-state index contributed by atoms with van der Waals surface area (Å²) in [5.41, 5.74) is 6.36. The first kappa shape index (κ1) is 8.97. The first-order valence-corrected chi connectivity index (χ1v) is 5.10. The summed E-state index contributed by atoms with van der Waals surface area (Å²) in [6.07, 6.45) is 4.45. The molecule has 1 aromatic rings. The molecule has 1 aliphatic rings. The number of pyridine rings is 1. The third kappa shape index (κ3) is 2.00. The van der Waals surface area contributed by atoms with Crippen molar-refractivity contribution in [2.45, 2.75) is 25.5 Å². The number of aromatic nitrogens is 1. The summed E-state index contributed by atoms with van der Waals surface area (Å²) in [5.74, 6) is 0.859. The third-order valence-electron chi connectivity index (χ3n) is 1.94. The molecule has 13 heavy (non-hydrogen) atoms. The van der Waals surface area contributed by atoms with Crippen molar-refractivity contribution in [3.63, 3.8) is 0 Å². The number of rotatable bonds is 3. The van der Waals surface area contributed by atoms with Crippen LogP contribution in [0.15, 0.2) is 16.7 Å². The molecule has 1 saturated carbocycles. The van der Waals surface area contributed by atoms with Crippen LogP contribution in [0.25, 0.3) is 0 Å². The van der Waals surface area contributed by atoms with E-state index in [2.05, 4.69) is 20.9 Å². The van der Waals surface area contributed by atoms with E-state index in [1.807, 2.05) is 6.07 Å². The minimum Gasteiger partial charge on any atom is -0.489 e. The van der Waals surface area contributed by atoms with Crippen molar-refractivity contribution >= 4 is 15.9 Å². The number of nitrogens with two attached hydrogens (primary N) is 1. The molecule has 0 unspecified atom stereocenters. The molecule has 0 spiro atoms. The van der Waals surface area contributed by atoms with Crippen molar-refractivity contribution in [3.05, 3.63) is 22.4 Å². The first-order chi connectivity index (χ1) is 6.31. The van der Waals surface area contributed by atoms with E-state index in [-0.39, 0.29) is 0 Å². The Bertz CT molecular complexity index is 312. The zero-order valence-electron chi connectivity index (χ0n) is 7.16. The summed E-state index contributed by atoms with van der Waals surface area (Å²) in [6, 6.07) is 1.86. The van der Waals surface area contributed by atoms with Gasteiger partial charge in [0.2, 0.25) is 0 Å². The van der Waals surface area contributed by atoms with Gasteiger partial charge in [0.25, 0.3) is 0 Å². The number of ether oxygens (including phenoxy) is 1. The maximum absolute atomic E-state index is 5.66. The van der Waals surface area contributed by atoms with Gasteiger partial charge in [0.05, 0.1) is 16.3 Å². The van der Waals surface area contributed by atoms with Crippen molar-refractivity contribution in [1.82, 2.24) is 4.98 Å². The van der Waals surface area contributed by atoms with Crippen LogP contribution < -0.4 is 10.5 Å². The van der Waals surface area contributed by atoms with E-state index in [4.69, 9.17) is 10.5 Å². The molecule has 3 nitrogen and oxygen atoms in total. The normalized spacial score (nSPS) is 15.8. The molecule has 1 heterocycles. The van der Waals surface area contributed by atoms with Crippen LogP contribution in [0.1, 0.15) is 18.5 Å². The van der Waals surface area contributed by atoms with Gasteiger partial charge in [-0.2, -0.15) is 0 Å². The molecular formula is C9H11BrN2O. The van der Waals surface area contributed by atoms with Crippen LogP contribution in [0.4, 0.5) is 0 Å². The number of hydrogen-bond acceptors (Lipinski definition) is 3. The fourth-order valence-corrected chi connectivity index (χ4v) is 1.56. The summed E-state index contributed by atoms with van der Waals surface area (Å²) < 4.78 is 6.55. The molecule has 1 aromatic heterocycles. The van der Waals surface area contributed by atoms with Gasteiger partial charge in [0.1, 0.15) is 5.75 Å². The predicted molar refractivity (Wildman–Crippen MR) is 53.5 cm³/mol. The van der Waals surface area contributed by atoms with Crippen LogP contribution >= 0.6 is 15.9 Å². The molecule has 70 valence electrons. The van der Waals surface area contributed by atoms with Gasteiger partial charge >= 0.3 is 0 Å². The molecule has 0 bridgehead atoms. The summed E-state index contributed by atoms with van der Waals surface area (Å²) in [5, 5.41) is 0. The van der Waals surface area contributed by atoms with Crippen LogP contribution in [0.2, 0.25) is 0 Å². The Labute approximate surface area is 85.4 Å². The summed E-state index contributed by atoms with van der Waals surface area (Å²) in [7, 11) is 0. The van der Waals surface area contributed by atoms with Gasteiger partial charge in [-0.05, 0) is 34.8 Å². The monoisotopic (exact) mass is 242 g/mol. The zero-order valence-corrected chi connectivity index (χ0v) is 8.75. The van der Waals surface area contributed by atoms with Gasteiger partial charge in [0, 0.05) is 12.7 Å². The van der Waals surface area contributed by atoms with Gasteiger partial charge in [-0.15, -0.1) is 0 Å². The van der Waals surface area contributed by atoms with E-state index in [0.717, 1.165) is 28.8 Å². The zero-order chi connectivity index (χ0) is 9.26. The van der Waals surface area contributed by atoms with E-state index in [1.54, 1.807) is 6.20 Å². The average molecular weight is 243 g/mol. The fourth-order valence-electron chi connectivity index (χ4n) is 1.07. The Morgan fingerprint density at radius 1 is 1.62 bits per heavy atom. The Morgan fingerprint density at radius 2 is 2.38 bits per heavy atom.